The second kappa shape index (κ2) is 10.00. The first-order valence-corrected chi connectivity index (χ1v) is 11.5. The average Bonchev–Trinajstić information content (AvgIpc) is 3.22. The minimum Gasteiger partial charge on any atom is -0.497 e. The molecule has 3 aromatic carbocycles. The van der Waals surface area contributed by atoms with Crippen LogP contribution in [-0.2, 0) is 9.59 Å². The normalized spacial score (nSPS) is 15.5. The van der Waals surface area contributed by atoms with Crippen molar-refractivity contribution >= 4 is 23.2 Å². The molecule has 0 bridgehead atoms. The molecule has 2 amide bonds. The van der Waals surface area contributed by atoms with E-state index in [1.54, 1.807) is 24.1 Å². The quantitative estimate of drug-likeness (QED) is 0.478. The summed E-state index contributed by atoms with van der Waals surface area (Å²) < 4.78 is 11.3. The number of nitrogens with one attached hydrogen (secondary N) is 1. The molecule has 0 saturated carbocycles. The van der Waals surface area contributed by atoms with Gasteiger partial charge < -0.3 is 19.7 Å². The standard InChI is InChI=1S/C28H30N2O4/c1-18(2)25-14-5-19(3)15-26(25)34-24-10-6-21(7-11-24)29-28(32)20-16-27(31)30(17-20)22-8-12-23(33-4)13-9-22/h5-15,18,20H,16-17H2,1-4H3,(H,29,32)/t20-/m0/s1. The van der Waals surface area contributed by atoms with Crippen molar-refractivity contribution < 1.29 is 19.1 Å². The van der Waals surface area contributed by atoms with Crippen LogP contribution in [0.3, 0.4) is 0 Å². The van der Waals surface area contributed by atoms with Gasteiger partial charge in [-0.15, -0.1) is 0 Å². The second-order valence-electron chi connectivity index (χ2n) is 8.92. The Balaban J connectivity index is 1.38. The van der Waals surface area contributed by atoms with Gasteiger partial charge in [0.1, 0.15) is 17.2 Å². The Labute approximate surface area is 200 Å². The molecular formula is C28H30N2O4. The molecule has 176 valence electrons. The highest BCUT2D eigenvalue weighted by molar-refractivity contribution is 6.03. The fourth-order valence-corrected chi connectivity index (χ4v) is 4.08. The number of carbonyl (C=O) groups is 2. The number of ether oxygens (including phenoxy) is 2. The monoisotopic (exact) mass is 458 g/mol. The van der Waals surface area contributed by atoms with Gasteiger partial charge in [0.05, 0.1) is 13.0 Å². The van der Waals surface area contributed by atoms with Crippen LogP contribution in [-0.4, -0.2) is 25.5 Å². The summed E-state index contributed by atoms with van der Waals surface area (Å²) in [4.78, 5) is 27.0. The van der Waals surface area contributed by atoms with Gasteiger partial charge in [-0.25, -0.2) is 0 Å². The van der Waals surface area contributed by atoms with E-state index in [1.807, 2.05) is 49.4 Å². The van der Waals surface area contributed by atoms with E-state index in [1.165, 1.54) is 0 Å². The third kappa shape index (κ3) is 5.22. The zero-order chi connectivity index (χ0) is 24.2. The molecule has 3 aromatic rings. The maximum Gasteiger partial charge on any atom is 0.229 e. The molecule has 1 saturated heterocycles. The zero-order valence-electron chi connectivity index (χ0n) is 20.0. The van der Waals surface area contributed by atoms with E-state index in [4.69, 9.17) is 9.47 Å². The molecule has 0 aromatic heterocycles. The third-order valence-corrected chi connectivity index (χ3v) is 6.02. The van der Waals surface area contributed by atoms with Gasteiger partial charge in [0.15, 0.2) is 0 Å². The van der Waals surface area contributed by atoms with Crippen molar-refractivity contribution in [2.75, 3.05) is 23.9 Å². The van der Waals surface area contributed by atoms with Gasteiger partial charge >= 0.3 is 0 Å². The van der Waals surface area contributed by atoms with Crippen LogP contribution in [0.5, 0.6) is 17.2 Å². The van der Waals surface area contributed by atoms with E-state index >= 15 is 0 Å². The van der Waals surface area contributed by atoms with Gasteiger partial charge in [-0.05, 0) is 78.6 Å². The lowest BCUT2D eigenvalue weighted by Crippen LogP contribution is -2.28. The predicted molar refractivity (Wildman–Crippen MR) is 134 cm³/mol. The number of hydrogen-bond acceptors (Lipinski definition) is 4. The summed E-state index contributed by atoms with van der Waals surface area (Å²) >= 11 is 0. The molecule has 34 heavy (non-hydrogen) atoms. The number of methoxy groups -OCH3 is 1. The van der Waals surface area contributed by atoms with E-state index < -0.39 is 5.92 Å². The number of rotatable bonds is 7. The van der Waals surface area contributed by atoms with Crippen LogP contribution in [0.1, 0.15) is 37.3 Å². The molecule has 1 aliphatic heterocycles. The highest BCUT2D eigenvalue weighted by Gasteiger charge is 2.35. The summed E-state index contributed by atoms with van der Waals surface area (Å²) in [6.07, 6.45) is 0.185. The summed E-state index contributed by atoms with van der Waals surface area (Å²) in [6, 6.07) is 20.8. The highest BCUT2D eigenvalue weighted by atomic mass is 16.5. The number of carbonyl (C=O) groups excluding carboxylic acids is 2. The van der Waals surface area contributed by atoms with Crippen LogP contribution in [0, 0.1) is 12.8 Å². The van der Waals surface area contributed by atoms with E-state index in [9.17, 15) is 9.59 Å². The molecule has 1 heterocycles. The number of amides is 2. The summed E-state index contributed by atoms with van der Waals surface area (Å²) in [5.41, 5.74) is 3.72. The second-order valence-corrected chi connectivity index (χ2v) is 8.92. The Kier molecular flexibility index (Phi) is 6.87. The van der Waals surface area contributed by atoms with E-state index in [0.29, 0.717) is 23.9 Å². The molecule has 0 unspecified atom stereocenters. The Bertz CT molecular complexity index is 1170. The molecule has 0 spiro atoms. The first-order valence-electron chi connectivity index (χ1n) is 11.5. The van der Waals surface area contributed by atoms with Gasteiger partial charge in [-0.1, -0.05) is 26.0 Å². The maximum atomic E-state index is 12.8. The first-order chi connectivity index (χ1) is 16.3. The number of nitrogens with zero attached hydrogens (tertiary/aromatic N) is 1. The summed E-state index contributed by atoms with van der Waals surface area (Å²) in [5, 5.41) is 2.93. The predicted octanol–water partition coefficient (Wildman–Crippen LogP) is 5.91. The summed E-state index contributed by atoms with van der Waals surface area (Å²) in [7, 11) is 1.60. The topological polar surface area (TPSA) is 67.9 Å². The van der Waals surface area contributed by atoms with Crippen LogP contribution in [0.4, 0.5) is 11.4 Å². The van der Waals surface area contributed by atoms with Crippen molar-refractivity contribution in [3.63, 3.8) is 0 Å². The Morgan fingerprint density at radius 1 is 1.00 bits per heavy atom. The van der Waals surface area contributed by atoms with Gasteiger partial charge in [-0.3, -0.25) is 9.59 Å². The number of anilines is 2. The lowest BCUT2D eigenvalue weighted by Gasteiger charge is -2.17. The molecule has 1 atom stereocenters. The van der Waals surface area contributed by atoms with Crippen molar-refractivity contribution in [3.05, 3.63) is 77.9 Å². The fourth-order valence-electron chi connectivity index (χ4n) is 4.08. The average molecular weight is 459 g/mol. The largest absolute Gasteiger partial charge is 0.497 e. The van der Waals surface area contributed by atoms with Crippen molar-refractivity contribution in [2.24, 2.45) is 5.92 Å². The lowest BCUT2D eigenvalue weighted by molar-refractivity contribution is -0.122. The minimum atomic E-state index is -0.411. The molecule has 1 aliphatic rings. The van der Waals surface area contributed by atoms with Crippen LogP contribution in [0.25, 0.3) is 0 Å². The van der Waals surface area contributed by atoms with Gasteiger partial charge in [0, 0.05) is 24.3 Å². The summed E-state index contributed by atoms with van der Waals surface area (Å²) in [6.45, 7) is 6.67. The van der Waals surface area contributed by atoms with Gasteiger partial charge in [0.25, 0.3) is 0 Å². The van der Waals surface area contributed by atoms with Crippen molar-refractivity contribution in [1.29, 1.82) is 0 Å². The molecule has 0 radical (unpaired) electrons. The maximum absolute atomic E-state index is 12.8. The molecule has 4 rings (SSSR count). The van der Waals surface area contributed by atoms with Crippen molar-refractivity contribution in [2.45, 2.75) is 33.1 Å². The van der Waals surface area contributed by atoms with E-state index in [-0.39, 0.29) is 18.2 Å². The van der Waals surface area contributed by atoms with E-state index in [0.717, 1.165) is 28.3 Å². The molecule has 0 aliphatic carbocycles. The van der Waals surface area contributed by atoms with Crippen LogP contribution >= 0.6 is 0 Å². The summed E-state index contributed by atoms with van der Waals surface area (Å²) in [5.74, 6) is 1.97. The van der Waals surface area contributed by atoms with Gasteiger partial charge in [-0.2, -0.15) is 0 Å². The highest BCUT2D eigenvalue weighted by Crippen LogP contribution is 2.32. The number of benzene rings is 3. The molecule has 6 heteroatoms. The fraction of sp³-hybridized carbons (Fsp3) is 0.286. The molecule has 1 fully saturated rings. The first kappa shape index (κ1) is 23.4. The van der Waals surface area contributed by atoms with Crippen molar-refractivity contribution in [3.8, 4) is 17.2 Å². The molecule has 6 nitrogen and oxygen atoms in total. The number of hydrogen-bond donors (Lipinski definition) is 1. The molecular weight excluding hydrogens is 428 g/mol. The van der Waals surface area contributed by atoms with E-state index in [2.05, 4.69) is 31.3 Å². The van der Waals surface area contributed by atoms with Crippen LogP contribution in [0.2, 0.25) is 0 Å². The van der Waals surface area contributed by atoms with Crippen LogP contribution < -0.4 is 19.7 Å². The third-order valence-electron chi connectivity index (χ3n) is 6.02. The SMILES string of the molecule is COc1ccc(N2C[C@@H](C(=O)Nc3ccc(Oc4cc(C)ccc4C(C)C)cc3)CC2=O)cc1. The lowest BCUT2D eigenvalue weighted by atomic mass is 10.0. The Hall–Kier alpha value is -3.80. The smallest absolute Gasteiger partial charge is 0.229 e. The zero-order valence-corrected chi connectivity index (χ0v) is 20.0. The Morgan fingerprint density at radius 3 is 2.32 bits per heavy atom. The molecule has 1 N–H and O–H groups in total. The van der Waals surface area contributed by atoms with Crippen molar-refractivity contribution in [1.82, 2.24) is 0 Å². The van der Waals surface area contributed by atoms with Crippen LogP contribution in [0.15, 0.2) is 66.7 Å². The number of aryl methyl sites for hydroxylation is 1. The Morgan fingerprint density at radius 2 is 1.68 bits per heavy atom. The minimum absolute atomic E-state index is 0.0619. The van der Waals surface area contributed by atoms with Gasteiger partial charge in [0.2, 0.25) is 11.8 Å².